The molecule has 65 heavy (non-hydrogen) atoms. The van der Waals surface area contributed by atoms with Gasteiger partial charge in [-0.15, -0.1) is 0 Å². The number of carbonyl (C=O) groups excluding carboxylic acids is 1. The molecule has 0 aliphatic carbocycles. The smallest absolute Gasteiger partial charge is 0.338 e. The van der Waals surface area contributed by atoms with Gasteiger partial charge in [-0.3, -0.25) is 0 Å². The van der Waals surface area contributed by atoms with Gasteiger partial charge in [0.25, 0.3) is 0 Å². The molecule has 6 heteroatoms. The number of nitriles is 1. The maximum Gasteiger partial charge on any atom is 0.338 e. The Kier molecular flexibility index (Phi) is 21.3. The van der Waals surface area contributed by atoms with Crippen molar-refractivity contribution in [3.8, 4) is 45.6 Å². The lowest BCUT2D eigenvalue weighted by Gasteiger charge is -2.09. The molecule has 0 aromatic heterocycles. The van der Waals surface area contributed by atoms with Crippen molar-refractivity contribution in [1.82, 2.24) is 0 Å². The van der Waals surface area contributed by atoms with E-state index in [9.17, 15) is 4.79 Å². The summed E-state index contributed by atoms with van der Waals surface area (Å²) in [6, 6.07) is 48.7. The molecule has 0 spiro atoms. The largest absolute Gasteiger partial charge is 0.494 e. The molecule has 0 bridgehead atoms. The minimum absolute atomic E-state index is 0.254. The Morgan fingerprint density at radius 1 is 0.369 bits per heavy atom. The molecule has 340 valence electrons. The highest BCUT2D eigenvalue weighted by molar-refractivity contribution is 5.90. The third-order valence-corrected chi connectivity index (χ3v) is 12.1. The van der Waals surface area contributed by atoms with Crippen LogP contribution in [0.4, 0.5) is 0 Å². The Labute approximate surface area is 388 Å². The SMILES string of the molecule is N#Cc1ccc(-c2ccc(OCCCCCCCCCCCOC(=O)c3ccc(-c4ccc(OCCCCCCCCCCCCOc5ccc6ccccc6c5)cc4)cc3)cc2)cc1. The number of ether oxygens (including phenoxy) is 4. The van der Waals surface area contributed by atoms with Crippen molar-refractivity contribution >= 4 is 16.7 Å². The Bertz CT molecular complexity index is 2280. The fraction of sp³-hybridized carbons (Fsp3) is 0.390. The van der Waals surface area contributed by atoms with Crippen molar-refractivity contribution in [1.29, 1.82) is 5.26 Å². The highest BCUT2D eigenvalue weighted by Crippen LogP contribution is 2.26. The number of benzene rings is 6. The lowest BCUT2D eigenvalue weighted by atomic mass is 10.0. The van der Waals surface area contributed by atoms with E-state index in [0.29, 0.717) is 17.7 Å². The maximum absolute atomic E-state index is 12.7. The molecule has 0 aliphatic rings. The van der Waals surface area contributed by atoms with Gasteiger partial charge in [0.2, 0.25) is 0 Å². The molecule has 0 radical (unpaired) electrons. The van der Waals surface area contributed by atoms with Gasteiger partial charge in [-0.25, -0.2) is 4.79 Å². The van der Waals surface area contributed by atoms with E-state index in [1.54, 1.807) is 0 Å². The number of unbranched alkanes of at least 4 members (excludes halogenated alkanes) is 17. The molecule has 0 atom stereocenters. The molecule has 0 saturated carbocycles. The first-order valence-corrected chi connectivity index (χ1v) is 24.5. The Hall–Kier alpha value is -6.06. The average molecular weight is 872 g/mol. The van der Waals surface area contributed by atoms with Crippen LogP contribution in [0.2, 0.25) is 0 Å². The predicted molar refractivity (Wildman–Crippen MR) is 267 cm³/mol. The summed E-state index contributed by atoms with van der Waals surface area (Å²) < 4.78 is 23.5. The van der Waals surface area contributed by atoms with Gasteiger partial charge < -0.3 is 18.9 Å². The van der Waals surface area contributed by atoms with Gasteiger partial charge in [0.05, 0.1) is 43.6 Å². The average Bonchev–Trinajstić information content (AvgIpc) is 3.35. The summed E-state index contributed by atoms with van der Waals surface area (Å²) in [6.45, 7) is 2.74. The zero-order chi connectivity index (χ0) is 45.0. The third-order valence-electron chi connectivity index (χ3n) is 12.1. The van der Waals surface area contributed by atoms with Crippen LogP contribution in [0, 0.1) is 11.3 Å². The number of hydrogen-bond acceptors (Lipinski definition) is 6. The fourth-order valence-corrected chi connectivity index (χ4v) is 8.16. The Morgan fingerprint density at radius 2 is 0.723 bits per heavy atom. The molecule has 6 aromatic rings. The quantitative estimate of drug-likeness (QED) is 0.0320. The Morgan fingerprint density at radius 3 is 1.17 bits per heavy atom. The van der Waals surface area contributed by atoms with Gasteiger partial charge in [0.15, 0.2) is 0 Å². The number of esters is 1. The van der Waals surface area contributed by atoms with E-state index in [2.05, 4.69) is 72.8 Å². The number of fused-ring (bicyclic) bond motifs is 1. The molecular formula is C59H69NO5. The standard InChI is InChI=1S/C59H69NO5/c60-47-48-24-26-50(27-25-48)52-32-37-56(38-33-52)62-42-19-13-9-6-3-7-11-15-21-45-65-59(61)54-30-28-51(29-31-54)53-34-39-57(40-35-53)63-43-18-12-8-4-1-2-5-10-14-20-44-64-58-41-36-49-22-16-17-23-55(49)46-58/h16-17,22-41,46H,1-15,18-21,42-45H2. The summed E-state index contributed by atoms with van der Waals surface area (Å²) in [4.78, 5) is 12.7. The van der Waals surface area contributed by atoms with Gasteiger partial charge in [-0.1, -0.05) is 175 Å². The van der Waals surface area contributed by atoms with Crippen LogP contribution in [-0.4, -0.2) is 32.4 Å². The summed E-state index contributed by atoms with van der Waals surface area (Å²) >= 11 is 0. The molecule has 0 heterocycles. The van der Waals surface area contributed by atoms with Crippen LogP contribution in [-0.2, 0) is 4.74 Å². The van der Waals surface area contributed by atoms with E-state index in [1.165, 1.54) is 101 Å². The molecule has 6 nitrogen and oxygen atoms in total. The van der Waals surface area contributed by atoms with Crippen molar-refractivity contribution in [3.63, 3.8) is 0 Å². The number of hydrogen-bond donors (Lipinski definition) is 0. The molecule has 0 unspecified atom stereocenters. The Balaban J connectivity index is 0.697. The van der Waals surface area contributed by atoms with E-state index < -0.39 is 0 Å². The molecule has 6 rings (SSSR count). The summed E-state index contributed by atoms with van der Waals surface area (Å²) in [6.07, 6.45) is 22.8. The van der Waals surface area contributed by atoms with Crippen LogP contribution in [0.5, 0.6) is 17.2 Å². The molecule has 0 amide bonds. The zero-order valence-electron chi connectivity index (χ0n) is 38.5. The first-order chi connectivity index (χ1) is 32.1. The van der Waals surface area contributed by atoms with E-state index in [1.807, 2.05) is 72.8 Å². The van der Waals surface area contributed by atoms with Crippen LogP contribution >= 0.6 is 0 Å². The highest BCUT2D eigenvalue weighted by atomic mass is 16.5. The van der Waals surface area contributed by atoms with Gasteiger partial charge in [0.1, 0.15) is 17.2 Å². The van der Waals surface area contributed by atoms with Crippen molar-refractivity contribution in [2.24, 2.45) is 0 Å². The molecular weight excluding hydrogens is 803 g/mol. The van der Waals surface area contributed by atoms with Crippen molar-refractivity contribution < 1.29 is 23.7 Å². The van der Waals surface area contributed by atoms with E-state index in [-0.39, 0.29) is 5.97 Å². The summed E-state index contributed by atoms with van der Waals surface area (Å²) in [7, 11) is 0. The van der Waals surface area contributed by atoms with E-state index in [4.69, 9.17) is 24.2 Å². The maximum atomic E-state index is 12.7. The van der Waals surface area contributed by atoms with Crippen LogP contribution in [0.15, 0.2) is 140 Å². The normalized spacial score (nSPS) is 11.0. The lowest BCUT2D eigenvalue weighted by molar-refractivity contribution is 0.0497. The van der Waals surface area contributed by atoms with E-state index in [0.717, 1.165) is 91.4 Å². The van der Waals surface area contributed by atoms with Crippen molar-refractivity contribution in [2.75, 3.05) is 26.4 Å². The monoisotopic (exact) mass is 872 g/mol. The second-order valence-electron chi connectivity index (χ2n) is 17.2. The summed E-state index contributed by atoms with van der Waals surface area (Å²) in [5, 5.41) is 11.5. The minimum Gasteiger partial charge on any atom is -0.494 e. The van der Waals surface area contributed by atoms with Crippen LogP contribution in [0.25, 0.3) is 33.0 Å². The van der Waals surface area contributed by atoms with Crippen LogP contribution in [0.1, 0.15) is 138 Å². The van der Waals surface area contributed by atoms with Gasteiger partial charge in [-0.05, 0) is 119 Å². The molecule has 0 fully saturated rings. The molecule has 0 N–H and O–H groups in total. The first-order valence-electron chi connectivity index (χ1n) is 24.5. The van der Waals surface area contributed by atoms with E-state index >= 15 is 0 Å². The van der Waals surface area contributed by atoms with Gasteiger partial charge in [-0.2, -0.15) is 5.26 Å². The topological polar surface area (TPSA) is 77.8 Å². The summed E-state index contributed by atoms with van der Waals surface area (Å²) in [5.41, 5.74) is 5.63. The minimum atomic E-state index is -0.254. The number of rotatable bonds is 31. The molecule has 0 saturated heterocycles. The zero-order valence-corrected chi connectivity index (χ0v) is 38.5. The second-order valence-corrected chi connectivity index (χ2v) is 17.2. The van der Waals surface area contributed by atoms with Crippen LogP contribution in [0.3, 0.4) is 0 Å². The van der Waals surface area contributed by atoms with Crippen molar-refractivity contribution in [3.05, 3.63) is 151 Å². The number of carbonyl (C=O) groups is 1. The van der Waals surface area contributed by atoms with Crippen molar-refractivity contribution in [2.45, 2.75) is 122 Å². The second kappa shape index (κ2) is 28.7. The third kappa shape index (κ3) is 17.8. The number of nitrogens with zero attached hydrogens (tertiary/aromatic N) is 1. The first kappa shape index (κ1) is 48.4. The molecule has 0 aliphatic heterocycles. The van der Waals surface area contributed by atoms with Crippen LogP contribution < -0.4 is 14.2 Å². The lowest BCUT2D eigenvalue weighted by Crippen LogP contribution is -2.06. The van der Waals surface area contributed by atoms with Gasteiger partial charge in [0, 0.05) is 0 Å². The summed E-state index contributed by atoms with van der Waals surface area (Å²) in [5.74, 6) is 2.51. The van der Waals surface area contributed by atoms with Gasteiger partial charge >= 0.3 is 5.97 Å². The molecule has 6 aromatic carbocycles. The fourth-order valence-electron chi connectivity index (χ4n) is 8.16. The predicted octanol–water partition coefficient (Wildman–Crippen LogP) is 16.2. The highest BCUT2D eigenvalue weighted by Gasteiger charge is 2.08.